The van der Waals surface area contributed by atoms with E-state index in [-0.39, 0.29) is 23.1 Å². The monoisotopic (exact) mass is 573 g/mol. The standard InChI is InChI=1S/C30H39N9O3/c1-2-3-14-42-26-15-24-27(28(32)36-26)37-30(41)39(24)19-22-6-4-21(5-7-22)18-38-12-9-20(10-13-38)8-11-33-29(40)23-16-35-25(31)17-34-23/h4-7,15-17,20H,2-3,8-14,18-19H2,1H3,(H2,31,35)(H2,32,36)(H,33,40)(H,37,41). The van der Waals surface area contributed by atoms with Gasteiger partial charge in [0.25, 0.3) is 5.91 Å². The van der Waals surface area contributed by atoms with Crippen molar-refractivity contribution in [1.29, 1.82) is 0 Å². The summed E-state index contributed by atoms with van der Waals surface area (Å²) in [6, 6.07) is 10.2. The van der Waals surface area contributed by atoms with E-state index in [1.54, 1.807) is 10.6 Å². The summed E-state index contributed by atoms with van der Waals surface area (Å²) in [5.74, 6) is 1.34. The van der Waals surface area contributed by atoms with Crippen LogP contribution in [-0.2, 0) is 13.1 Å². The quantitative estimate of drug-likeness (QED) is 0.186. The number of nitrogens with zero attached hydrogens (tertiary/aromatic N) is 5. The predicted molar refractivity (Wildman–Crippen MR) is 162 cm³/mol. The maximum atomic E-state index is 12.7. The number of amides is 1. The zero-order valence-corrected chi connectivity index (χ0v) is 24.0. The summed E-state index contributed by atoms with van der Waals surface area (Å²) in [4.78, 5) is 42.5. The molecule has 0 saturated carbocycles. The number of rotatable bonds is 12. The van der Waals surface area contributed by atoms with Gasteiger partial charge in [0.15, 0.2) is 5.82 Å². The summed E-state index contributed by atoms with van der Waals surface area (Å²) in [6.07, 6.45) is 7.86. The summed E-state index contributed by atoms with van der Waals surface area (Å²) >= 11 is 0. The number of H-pyrrole nitrogens is 1. The topological polar surface area (TPSA) is 170 Å². The van der Waals surface area contributed by atoms with Crippen molar-refractivity contribution in [3.8, 4) is 5.88 Å². The lowest BCUT2D eigenvalue weighted by Gasteiger charge is -2.32. The van der Waals surface area contributed by atoms with Gasteiger partial charge in [-0.05, 0) is 55.8 Å². The van der Waals surface area contributed by atoms with Gasteiger partial charge >= 0.3 is 5.69 Å². The number of unbranched alkanes of at least 4 members (excludes halogenated alkanes) is 1. The summed E-state index contributed by atoms with van der Waals surface area (Å²) < 4.78 is 7.42. The number of ether oxygens (including phenoxy) is 1. The van der Waals surface area contributed by atoms with E-state index in [1.807, 2.05) is 0 Å². The number of nitrogens with one attached hydrogen (secondary N) is 2. The van der Waals surface area contributed by atoms with Crippen molar-refractivity contribution in [2.75, 3.05) is 37.7 Å². The normalized spacial score (nSPS) is 14.3. The zero-order valence-electron chi connectivity index (χ0n) is 24.0. The average Bonchev–Trinajstić information content (AvgIpc) is 3.30. The largest absolute Gasteiger partial charge is 0.478 e. The molecule has 0 aliphatic carbocycles. The van der Waals surface area contributed by atoms with Gasteiger partial charge in [0.2, 0.25) is 5.88 Å². The Hall–Kier alpha value is -4.45. The second kappa shape index (κ2) is 13.5. The fourth-order valence-corrected chi connectivity index (χ4v) is 5.26. The van der Waals surface area contributed by atoms with Crippen molar-refractivity contribution in [2.45, 2.75) is 52.1 Å². The molecular weight excluding hydrogens is 534 g/mol. The van der Waals surface area contributed by atoms with E-state index in [9.17, 15) is 9.59 Å². The summed E-state index contributed by atoms with van der Waals surface area (Å²) in [5.41, 5.74) is 15.2. The first-order valence-corrected chi connectivity index (χ1v) is 14.6. The van der Waals surface area contributed by atoms with Crippen molar-refractivity contribution in [3.05, 3.63) is 70.0 Å². The molecule has 12 nitrogen and oxygen atoms in total. The lowest BCUT2D eigenvalue weighted by Crippen LogP contribution is -2.35. The van der Waals surface area contributed by atoms with Gasteiger partial charge in [0, 0.05) is 19.2 Å². The van der Waals surface area contributed by atoms with Crippen LogP contribution in [0.1, 0.15) is 60.6 Å². The Balaban J connectivity index is 1.10. The first-order chi connectivity index (χ1) is 20.4. The number of carbonyl (C=O) groups excluding carboxylic acids is 1. The second-order valence-corrected chi connectivity index (χ2v) is 10.9. The lowest BCUT2D eigenvalue weighted by molar-refractivity contribution is 0.0942. The maximum Gasteiger partial charge on any atom is 0.326 e. The molecule has 1 saturated heterocycles. The van der Waals surface area contributed by atoms with Crippen LogP contribution in [0.25, 0.3) is 11.0 Å². The van der Waals surface area contributed by atoms with E-state index in [0.717, 1.165) is 57.3 Å². The van der Waals surface area contributed by atoms with Crippen molar-refractivity contribution in [1.82, 2.24) is 34.7 Å². The van der Waals surface area contributed by atoms with Gasteiger partial charge in [0.1, 0.15) is 17.0 Å². The number of pyridine rings is 1. The van der Waals surface area contributed by atoms with Gasteiger partial charge in [-0.25, -0.2) is 14.8 Å². The molecule has 4 heterocycles. The van der Waals surface area contributed by atoms with Crippen LogP contribution < -0.4 is 27.2 Å². The number of nitrogens with two attached hydrogens (primary N) is 2. The molecule has 0 radical (unpaired) electrons. The molecule has 1 aliphatic rings. The Bertz CT molecular complexity index is 1540. The van der Waals surface area contributed by atoms with Gasteiger partial charge in [-0.15, -0.1) is 0 Å². The van der Waals surface area contributed by atoms with Crippen LogP contribution in [0.15, 0.2) is 47.5 Å². The molecule has 5 rings (SSSR count). The number of carbonyl (C=O) groups is 1. The van der Waals surface area contributed by atoms with Gasteiger partial charge in [-0.3, -0.25) is 14.3 Å². The summed E-state index contributed by atoms with van der Waals surface area (Å²) in [7, 11) is 0. The van der Waals surface area contributed by atoms with Crippen LogP contribution in [-0.4, -0.2) is 61.6 Å². The van der Waals surface area contributed by atoms with Gasteiger partial charge in [0.05, 0.1) is 31.1 Å². The van der Waals surface area contributed by atoms with Crippen LogP contribution in [0.5, 0.6) is 5.88 Å². The molecule has 1 aromatic carbocycles. The van der Waals surface area contributed by atoms with Gasteiger partial charge in [-0.1, -0.05) is 37.6 Å². The molecule has 0 atom stereocenters. The van der Waals surface area contributed by atoms with Gasteiger partial charge < -0.3 is 26.5 Å². The molecule has 4 aromatic rings. The fraction of sp³-hybridized carbons (Fsp3) is 0.433. The number of anilines is 2. The van der Waals surface area contributed by atoms with E-state index >= 15 is 0 Å². The Morgan fingerprint density at radius 2 is 1.83 bits per heavy atom. The van der Waals surface area contributed by atoms with E-state index in [0.29, 0.717) is 48.3 Å². The molecule has 1 fully saturated rings. The number of aromatic amines is 1. The highest BCUT2D eigenvalue weighted by atomic mass is 16.5. The minimum atomic E-state index is -0.227. The molecule has 222 valence electrons. The Labute approximate surface area is 244 Å². The lowest BCUT2D eigenvalue weighted by atomic mass is 9.93. The van der Waals surface area contributed by atoms with Crippen LogP contribution >= 0.6 is 0 Å². The average molecular weight is 574 g/mol. The van der Waals surface area contributed by atoms with E-state index in [1.165, 1.54) is 18.0 Å². The number of hydrogen-bond acceptors (Lipinski definition) is 9. The molecule has 6 N–H and O–H groups in total. The zero-order chi connectivity index (χ0) is 29.5. The molecule has 0 unspecified atom stereocenters. The third kappa shape index (κ3) is 7.24. The number of hydrogen-bond donors (Lipinski definition) is 4. The third-order valence-corrected chi connectivity index (χ3v) is 7.74. The highest BCUT2D eigenvalue weighted by Gasteiger charge is 2.20. The van der Waals surface area contributed by atoms with Crippen molar-refractivity contribution in [3.63, 3.8) is 0 Å². The van der Waals surface area contributed by atoms with Crippen LogP contribution in [0.3, 0.4) is 0 Å². The smallest absolute Gasteiger partial charge is 0.326 e. The molecular formula is C30H39N9O3. The van der Waals surface area contributed by atoms with Gasteiger partial charge in [-0.2, -0.15) is 4.98 Å². The number of benzene rings is 1. The van der Waals surface area contributed by atoms with E-state index in [4.69, 9.17) is 16.2 Å². The number of likely N-dealkylation sites (tertiary alicyclic amines) is 1. The van der Waals surface area contributed by atoms with Crippen LogP contribution in [0.2, 0.25) is 0 Å². The number of aromatic nitrogens is 5. The highest BCUT2D eigenvalue weighted by Crippen LogP contribution is 2.24. The molecule has 1 amide bonds. The molecule has 42 heavy (non-hydrogen) atoms. The molecule has 12 heteroatoms. The summed E-state index contributed by atoms with van der Waals surface area (Å²) in [6.45, 7) is 6.62. The molecule has 1 aliphatic heterocycles. The minimum Gasteiger partial charge on any atom is -0.478 e. The molecule has 0 spiro atoms. The van der Waals surface area contributed by atoms with E-state index in [2.05, 4.69) is 61.3 Å². The second-order valence-electron chi connectivity index (χ2n) is 10.9. The van der Waals surface area contributed by atoms with Crippen molar-refractivity contribution < 1.29 is 9.53 Å². The van der Waals surface area contributed by atoms with Crippen molar-refractivity contribution >= 4 is 28.6 Å². The number of piperidine rings is 1. The fourth-order valence-electron chi connectivity index (χ4n) is 5.26. The van der Waals surface area contributed by atoms with E-state index < -0.39 is 0 Å². The van der Waals surface area contributed by atoms with Crippen LogP contribution in [0.4, 0.5) is 11.6 Å². The Morgan fingerprint density at radius 3 is 2.52 bits per heavy atom. The number of nitrogen functional groups attached to an aromatic ring is 2. The van der Waals surface area contributed by atoms with Crippen LogP contribution in [0, 0.1) is 5.92 Å². The maximum absolute atomic E-state index is 12.7. The predicted octanol–water partition coefficient (Wildman–Crippen LogP) is 2.94. The Morgan fingerprint density at radius 1 is 1.10 bits per heavy atom. The summed E-state index contributed by atoms with van der Waals surface area (Å²) in [5, 5.41) is 2.93. The first-order valence-electron chi connectivity index (χ1n) is 14.6. The Kier molecular flexibility index (Phi) is 9.32. The number of fused-ring (bicyclic) bond motifs is 1. The minimum absolute atomic E-state index is 0.222. The molecule has 0 bridgehead atoms. The molecule has 3 aromatic heterocycles. The van der Waals surface area contributed by atoms with Crippen molar-refractivity contribution in [2.24, 2.45) is 5.92 Å². The first kappa shape index (κ1) is 29.1. The third-order valence-electron chi connectivity index (χ3n) is 7.74. The SMILES string of the molecule is CCCCOc1cc2c([nH]c(=O)n2Cc2ccc(CN3CCC(CCNC(=O)c4cnc(N)cn4)CC3)cc2)c(N)n1. The highest BCUT2D eigenvalue weighted by molar-refractivity contribution is 5.92. The number of imidazole rings is 1.